The van der Waals surface area contributed by atoms with E-state index >= 15 is 0 Å². The summed E-state index contributed by atoms with van der Waals surface area (Å²) < 4.78 is 10.0. The average molecular weight is 378 g/mol. The number of methoxy groups -OCH3 is 1. The number of anilines is 1. The van der Waals surface area contributed by atoms with Gasteiger partial charge in [0.25, 0.3) is 5.91 Å². The Morgan fingerprint density at radius 3 is 2.63 bits per heavy atom. The molecule has 1 N–H and O–H groups in total. The van der Waals surface area contributed by atoms with E-state index in [0.29, 0.717) is 16.3 Å². The molecule has 3 aromatic rings. The number of rotatable bonds is 5. The highest BCUT2D eigenvalue weighted by atomic mass is 32.1. The van der Waals surface area contributed by atoms with Crippen molar-refractivity contribution in [2.45, 2.75) is 0 Å². The standard InChI is InChI=1S/C20H14N2O4S/c1-25-20(24)17-16(13-6-3-2-4-7-13)12-27-19(17)22-18(23)14(11-21)10-15-8-5-9-26-15/h2-10,12H,1H3,(H,22,23)/b14-10+. The van der Waals surface area contributed by atoms with Gasteiger partial charge in [-0.25, -0.2) is 4.79 Å². The van der Waals surface area contributed by atoms with Gasteiger partial charge in [-0.05, 0) is 17.7 Å². The van der Waals surface area contributed by atoms with Gasteiger partial charge < -0.3 is 14.5 Å². The van der Waals surface area contributed by atoms with Gasteiger partial charge in [-0.15, -0.1) is 11.3 Å². The van der Waals surface area contributed by atoms with E-state index < -0.39 is 11.9 Å². The number of thiophene rings is 1. The van der Waals surface area contributed by atoms with Crippen LogP contribution in [0.1, 0.15) is 16.1 Å². The maximum absolute atomic E-state index is 12.5. The summed E-state index contributed by atoms with van der Waals surface area (Å²) in [6.45, 7) is 0. The van der Waals surface area contributed by atoms with Crippen LogP contribution in [0.3, 0.4) is 0 Å². The Morgan fingerprint density at radius 2 is 2.00 bits per heavy atom. The molecule has 1 aromatic carbocycles. The van der Waals surface area contributed by atoms with E-state index in [1.807, 2.05) is 36.4 Å². The van der Waals surface area contributed by atoms with Crippen LogP contribution >= 0.6 is 11.3 Å². The zero-order chi connectivity index (χ0) is 19.2. The molecule has 3 rings (SSSR count). The average Bonchev–Trinajstić information content (AvgIpc) is 3.36. The number of furan rings is 1. The lowest BCUT2D eigenvalue weighted by atomic mass is 10.0. The number of hydrogen-bond donors (Lipinski definition) is 1. The highest BCUT2D eigenvalue weighted by Crippen LogP contribution is 2.36. The summed E-state index contributed by atoms with van der Waals surface area (Å²) in [5.74, 6) is -0.828. The van der Waals surface area contributed by atoms with Gasteiger partial charge in [0.15, 0.2) is 0 Å². The van der Waals surface area contributed by atoms with Crippen LogP contribution in [0.15, 0.2) is 64.1 Å². The quantitative estimate of drug-likeness (QED) is 0.405. The van der Waals surface area contributed by atoms with Crippen LogP contribution in [0.2, 0.25) is 0 Å². The molecular weight excluding hydrogens is 364 g/mol. The molecule has 0 saturated heterocycles. The largest absolute Gasteiger partial charge is 0.465 e. The molecule has 2 aromatic heterocycles. The van der Waals surface area contributed by atoms with E-state index in [-0.39, 0.29) is 11.1 Å². The molecule has 6 nitrogen and oxygen atoms in total. The minimum atomic E-state index is -0.638. The molecule has 2 heterocycles. The Bertz CT molecular complexity index is 1030. The molecule has 0 fully saturated rings. The van der Waals surface area contributed by atoms with Crippen molar-refractivity contribution in [1.29, 1.82) is 5.26 Å². The van der Waals surface area contributed by atoms with Crippen LogP contribution in [-0.2, 0) is 9.53 Å². The van der Waals surface area contributed by atoms with Crippen molar-refractivity contribution in [1.82, 2.24) is 0 Å². The molecule has 0 aliphatic rings. The number of nitrogens with zero attached hydrogens (tertiary/aromatic N) is 1. The first-order chi connectivity index (χ1) is 13.1. The molecule has 0 radical (unpaired) electrons. The first-order valence-corrected chi connectivity index (χ1v) is 8.74. The van der Waals surface area contributed by atoms with E-state index in [9.17, 15) is 14.9 Å². The van der Waals surface area contributed by atoms with Gasteiger partial charge in [0, 0.05) is 17.0 Å². The lowest BCUT2D eigenvalue weighted by Gasteiger charge is -2.07. The second-order valence-electron chi connectivity index (χ2n) is 5.35. The fourth-order valence-corrected chi connectivity index (χ4v) is 3.37. The van der Waals surface area contributed by atoms with Crippen molar-refractivity contribution in [2.24, 2.45) is 0 Å². The van der Waals surface area contributed by atoms with Crippen LogP contribution in [0.25, 0.3) is 17.2 Å². The Hall–Kier alpha value is -3.63. The maximum Gasteiger partial charge on any atom is 0.341 e. The number of carbonyl (C=O) groups is 2. The Labute approximate surface area is 159 Å². The van der Waals surface area contributed by atoms with E-state index in [1.54, 1.807) is 17.5 Å². The van der Waals surface area contributed by atoms with Crippen molar-refractivity contribution in [3.05, 3.63) is 71.0 Å². The van der Waals surface area contributed by atoms with Crippen LogP contribution < -0.4 is 5.32 Å². The minimum Gasteiger partial charge on any atom is -0.465 e. The van der Waals surface area contributed by atoms with Gasteiger partial charge in [0.05, 0.1) is 13.4 Å². The van der Waals surface area contributed by atoms with Gasteiger partial charge in [-0.3, -0.25) is 4.79 Å². The van der Waals surface area contributed by atoms with Crippen LogP contribution in [0.5, 0.6) is 0 Å². The zero-order valence-electron chi connectivity index (χ0n) is 14.3. The number of amides is 1. The number of benzene rings is 1. The molecule has 7 heteroatoms. The zero-order valence-corrected chi connectivity index (χ0v) is 15.1. The monoisotopic (exact) mass is 378 g/mol. The van der Waals surface area contributed by atoms with Crippen molar-refractivity contribution in [3.8, 4) is 17.2 Å². The lowest BCUT2D eigenvalue weighted by Crippen LogP contribution is -2.15. The van der Waals surface area contributed by atoms with Crippen LogP contribution in [0.4, 0.5) is 5.00 Å². The van der Waals surface area contributed by atoms with Crippen molar-refractivity contribution >= 4 is 34.3 Å². The van der Waals surface area contributed by atoms with Crippen LogP contribution in [-0.4, -0.2) is 19.0 Å². The summed E-state index contributed by atoms with van der Waals surface area (Å²) in [5, 5.41) is 14.0. The Kier molecular flexibility index (Phi) is 5.50. The maximum atomic E-state index is 12.5. The molecular formula is C20H14N2O4S. The number of carbonyl (C=O) groups excluding carboxylic acids is 2. The Morgan fingerprint density at radius 1 is 1.22 bits per heavy atom. The summed E-state index contributed by atoms with van der Waals surface area (Å²) in [6.07, 6.45) is 2.78. The highest BCUT2D eigenvalue weighted by molar-refractivity contribution is 7.15. The molecule has 0 aliphatic carbocycles. The summed E-state index contributed by atoms with van der Waals surface area (Å²) in [4.78, 5) is 24.8. The van der Waals surface area contributed by atoms with Crippen LogP contribution in [0, 0.1) is 11.3 Å². The molecule has 0 atom stereocenters. The van der Waals surface area contributed by atoms with Crippen molar-refractivity contribution in [3.63, 3.8) is 0 Å². The predicted molar refractivity (Wildman–Crippen MR) is 102 cm³/mol. The molecule has 1 amide bonds. The molecule has 27 heavy (non-hydrogen) atoms. The summed E-state index contributed by atoms with van der Waals surface area (Å²) >= 11 is 1.19. The fourth-order valence-electron chi connectivity index (χ4n) is 2.42. The number of ether oxygens (including phenoxy) is 1. The molecule has 0 saturated carbocycles. The number of nitriles is 1. The fraction of sp³-hybridized carbons (Fsp3) is 0.0500. The van der Waals surface area contributed by atoms with E-state index in [1.165, 1.54) is 30.8 Å². The molecule has 134 valence electrons. The summed E-state index contributed by atoms with van der Waals surface area (Å²) in [5.41, 5.74) is 1.57. The third-order valence-electron chi connectivity index (χ3n) is 3.69. The van der Waals surface area contributed by atoms with E-state index in [0.717, 1.165) is 5.56 Å². The van der Waals surface area contributed by atoms with Gasteiger partial charge in [-0.2, -0.15) is 5.26 Å². The predicted octanol–water partition coefficient (Wildman–Crippen LogP) is 4.34. The molecule has 0 spiro atoms. The SMILES string of the molecule is COC(=O)c1c(-c2ccccc2)csc1NC(=O)/C(C#N)=C/c1ccco1. The van der Waals surface area contributed by atoms with Gasteiger partial charge in [0.1, 0.15) is 28.0 Å². The summed E-state index contributed by atoms with van der Waals surface area (Å²) in [6, 6.07) is 14.4. The highest BCUT2D eigenvalue weighted by Gasteiger charge is 2.23. The molecule has 0 aliphatic heterocycles. The van der Waals surface area contributed by atoms with Crippen molar-refractivity contribution < 1.29 is 18.7 Å². The second-order valence-corrected chi connectivity index (χ2v) is 6.23. The first-order valence-electron chi connectivity index (χ1n) is 7.86. The van der Waals surface area contributed by atoms with Gasteiger partial charge >= 0.3 is 5.97 Å². The number of hydrogen-bond acceptors (Lipinski definition) is 6. The second kappa shape index (κ2) is 8.17. The van der Waals surface area contributed by atoms with E-state index in [2.05, 4.69) is 5.32 Å². The first kappa shape index (κ1) is 18.2. The smallest absolute Gasteiger partial charge is 0.341 e. The van der Waals surface area contributed by atoms with Gasteiger partial charge in [-0.1, -0.05) is 30.3 Å². The summed E-state index contributed by atoms with van der Waals surface area (Å²) in [7, 11) is 1.28. The van der Waals surface area contributed by atoms with Crippen molar-refractivity contribution in [2.75, 3.05) is 12.4 Å². The number of esters is 1. The van der Waals surface area contributed by atoms with E-state index in [4.69, 9.17) is 9.15 Å². The Balaban J connectivity index is 1.95. The third-order valence-corrected chi connectivity index (χ3v) is 4.58. The molecule has 0 unspecified atom stereocenters. The molecule has 0 bridgehead atoms. The van der Waals surface area contributed by atoms with Gasteiger partial charge in [0.2, 0.25) is 0 Å². The normalized spacial score (nSPS) is 10.9. The minimum absolute atomic E-state index is 0.143. The topological polar surface area (TPSA) is 92.3 Å². The lowest BCUT2D eigenvalue weighted by molar-refractivity contribution is -0.112. The third kappa shape index (κ3) is 3.97. The number of nitrogens with one attached hydrogen (secondary N) is 1.